The SMILES string of the molecule is CCCOC(=O)c1c(NC(=O)C(C)Cn2nc([N+](=O)[O-])cc2C)sc(C(=O)OCC)c1C. The van der Waals surface area contributed by atoms with Gasteiger partial charge in [-0.05, 0) is 37.7 Å². The number of esters is 2. The number of aryl methyl sites for hydroxylation is 1. The van der Waals surface area contributed by atoms with Crippen LogP contribution in [0.3, 0.4) is 0 Å². The maximum absolute atomic E-state index is 12.8. The molecule has 0 bridgehead atoms. The molecule has 1 atom stereocenters. The molecule has 0 saturated carbocycles. The molecular weight excluding hydrogens is 440 g/mol. The molecule has 2 rings (SSSR count). The molecule has 11 nitrogen and oxygen atoms in total. The van der Waals surface area contributed by atoms with E-state index in [1.54, 1.807) is 27.7 Å². The van der Waals surface area contributed by atoms with Gasteiger partial charge in [0.25, 0.3) is 0 Å². The average Bonchev–Trinajstić information content (AvgIpc) is 3.26. The molecule has 0 saturated heterocycles. The molecule has 0 fully saturated rings. The lowest BCUT2D eigenvalue weighted by atomic mass is 10.1. The van der Waals surface area contributed by atoms with Crippen molar-refractivity contribution in [2.45, 2.75) is 47.6 Å². The lowest BCUT2D eigenvalue weighted by Gasteiger charge is -2.12. The predicted molar refractivity (Wildman–Crippen MR) is 117 cm³/mol. The topological polar surface area (TPSA) is 143 Å². The third kappa shape index (κ3) is 5.69. The Balaban J connectivity index is 2.28. The van der Waals surface area contributed by atoms with Crippen LogP contribution >= 0.6 is 11.3 Å². The van der Waals surface area contributed by atoms with Crippen molar-refractivity contribution in [3.63, 3.8) is 0 Å². The van der Waals surface area contributed by atoms with E-state index in [2.05, 4.69) is 10.4 Å². The minimum absolute atomic E-state index is 0.0935. The van der Waals surface area contributed by atoms with Gasteiger partial charge in [0.15, 0.2) is 0 Å². The molecule has 0 radical (unpaired) electrons. The van der Waals surface area contributed by atoms with Gasteiger partial charge in [-0.15, -0.1) is 11.3 Å². The molecule has 2 aromatic rings. The molecule has 0 aliphatic rings. The smallest absolute Gasteiger partial charge is 0.390 e. The summed E-state index contributed by atoms with van der Waals surface area (Å²) in [5, 5.41) is 17.7. The number of hydrogen-bond donors (Lipinski definition) is 1. The quantitative estimate of drug-likeness (QED) is 0.318. The van der Waals surface area contributed by atoms with Crippen molar-refractivity contribution in [3.8, 4) is 0 Å². The van der Waals surface area contributed by atoms with Crippen molar-refractivity contribution in [1.29, 1.82) is 0 Å². The Bertz CT molecular complexity index is 1030. The second-order valence-corrected chi connectivity index (χ2v) is 8.11. The second kappa shape index (κ2) is 10.8. The highest BCUT2D eigenvalue weighted by atomic mass is 32.1. The van der Waals surface area contributed by atoms with Gasteiger partial charge in [0.05, 0.1) is 48.1 Å². The van der Waals surface area contributed by atoms with Crippen molar-refractivity contribution in [2.24, 2.45) is 5.92 Å². The van der Waals surface area contributed by atoms with Crippen LogP contribution in [0.1, 0.15) is 58.5 Å². The number of carbonyl (C=O) groups is 3. The Labute approximate surface area is 188 Å². The van der Waals surface area contributed by atoms with E-state index in [-0.39, 0.29) is 41.0 Å². The van der Waals surface area contributed by atoms with Gasteiger partial charge in [-0.2, -0.15) is 4.68 Å². The van der Waals surface area contributed by atoms with Crippen LogP contribution in [0.25, 0.3) is 0 Å². The minimum atomic E-state index is -0.641. The molecule has 2 heterocycles. The van der Waals surface area contributed by atoms with E-state index in [9.17, 15) is 24.5 Å². The summed E-state index contributed by atoms with van der Waals surface area (Å²) in [5.74, 6) is -2.61. The number of ether oxygens (including phenoxy) is 2. The molecule has 0 spiro atoms. The lowest BCUT2D eigenvalue weighted by molar-refractivity contribution is -0.389. The summed E-state index contributed by atoms with van der Waals surface area (Å²) in [4.78, 5) is 48.2. The highest BCUT2D eigenvalue weighted by Crippen LogP contribution is 2.34. The molecule has 2 aromatic heterocycles. The van der Waals surface area contributed by atoms with Gasteiger partial charge in [0.2, 0.25) is 5.91 Å². The van der Waals surface area contributed by atoms with E-state index in [0.29, 0.717) is 17.7 Å². The average molecular weight is 467 g/mol. The van der Waals surface area contributed by atoms with Gasteiger partial charge in [-0.1, -0.05) is 13.8 Å². The number of rotatable bonds is 10. The van der Waals surface area contributed by atoms with Crippen LogP contribution in [-0.2, 0) is 20.8 Å². The highest BCUT2D eigenvalue weighted by molar-refractivity contribution is 7.18. The number of nitro groups is 1. The number of hydrogen-bond acceptors (Lipinski definition) is 9. The van der Waals surface area contributed by atoms with E-state index >= 15 is 0 Å². The predicted octanol–water partition coefficient (Wildman–Crippen LogP) is 3.49. The maximum Gasteiger partial charge on any atom is 0.390 e. The molecule has 0 aliphatic carbocycles. The van der Waals surface area contributed by atoms with Gasteiger partial charge in [0, 0.05) is 0 Å². The first-order valence-corrected chi connectivity index (χ1v) is 10.9. The molecule has 1 unspecified atom stereocenters. The number of nitrogens with zero attached hydrogens (tertiary/aromatic N) is 3. The summed E-state index contributed by atoms with van der Waals surface area (Å²) in [5.41, 5.74) is 1.02. The largest absolute Gasteiger partial charge is 0.462 e. The van der Waals surface area contributed by atoms with Crippen molar-refractivity contribution in [3.05, 3.63) is 37.9 Å². The summed E-state index contributed by atoms with van der Waals surface area (Å²) < 4.78 is 11.6. The number of amides is 1. The molecule has 32 heavy (non-hydrogen) atoms. The zero-order valence-corrected chi connectivity index (χ0v) is 19.4. The first-order valence-electron chi connectivity index (χ1n) is 10.1. The van der Waals surface area contributed by atoms with Crippen LogP contribution in [0.15, 0.2) is 6.07 Å². The summed E-state index contributed by atoms with van der Waals surface area (Å²) in [6, 6.07) is 1.32. The van der Waals surface area contributed by atoms with E-state index in [0.717, 1.165) is 11.3 Å². The molecule has 12 heteroatoms. The Kier molecular flexibility index (Phi) is 8.47. The van der Waals surface area contributed by atoms with Crippen LogP contribution in [0.4, 0.5) is 10.8 Å². The molecule has 174 valence electrons. The summed E-state index contributed by atoms with van der Waals surface area (Å²) in [6.07, 6.45) is 0.619. The number of aromatic nitrogens is 2. The zero-order chi connectivity index (χ0) is 24.0. The normalized spacial score (nSPS) is 11.7. The van der Waals surface area contributed by atoms with Crippen molar-refractivity contribution < 1.29 is 28.8 Å². The fourth-order valence-electron chi connectivity index (χ4n) is 2.85. The third-order valence-corrected chi connectivity index (χ3v) is 5.72. The van der Waals surface area contributed by atoms with Crippen LogP contribution in [0.5, 0.6) is 0 Å². The Morgan fingerprint density at radius 3 is 2.50 bits per heavy atom. The Morgan fingerprint density at radius 2 is 1.94 bits per heavy atom. The molecule has 1 N–H and O–H groups in total. The van der Waals surface area contributed by atoms with Crippen LogP contribution < -0.4 is 5.32 Å². The van der Waals surface area contributed by atoms with Gasteiger partial charge in [0.1, 0.15) is 9.88 Å². The van der Waals surface area contributed by atoms with E-state index < -0.39 is 28.7 Å². The molecular formula is C20H26N4O7S. The fraction of sp³-hybridized carbons (Fsp3) is 0.500. The molecule has 1 amide bonds. The molecule has 0 aromatic carbocycles. The maximum atomic E-state index is 12.8. The zero-order valence-electron chi connectivity index (χ0n) is 18.6. The lowest BCUT2D eigenvalue weighted by Crippen LogP contribution is -2.25. The van der Waals surface area contributed by atoms with Crippen LogP contribution in [0.2, 0.25) is 0 Å². The summed E-state index contributed by atoms with van der Waals surface area (Å²) >= 11 is 0.940. The standard InChI is InChI=1S/C20H26N4O7S/c1-6-8-31-19(26)15-13(5)16(20(27)30-7-2)32-18(15)21-17(25)11(3)10-23-12(4)9-14(22-23)24(28)29/h9,11H,6-8,10H2,1-5H3,(H,21,25). The summed E-state index contributed by atoms with van der Waals surface area (Å²) in [6.45, 7) is 8.86. The van der Waals surface area contributed by atoms with E-state index in [1.807, 2.05) is 6.92 Å². The fourth-order valence-corrected chi connectivity index (χ4v) is 3.94. The highest BCUT2D eigenvalue weighted by Gasteiger charge is 2.29. The minimum Gasteiger partial charge on any atom is -0.462 e. The van der Waals surface area contributed by atoms with Crippen LogP contribution in [0, 0.1) is 29.9 Å². The summed E-state index contributed by atoms with van der Waals surface area (Å²) in [7, 11) is 0. The Hall–Kier alpha value is -3.28. The monoisotopic (exact) mass is 466 g/mol. The van der Waals surface area contributed by atoms with Crippen molar-refractivity contribution >= 4 is 40.0 Å². The van der Waals surface area contributed by atoms with E-state index in [1.165, 1.54) is 10.7 Å². The number of carbonyl (C=O) groups excluding carboxylic acids is 3. The van der Waals surface area contributed by atoms with Gasteiger partial charge in [-0.25, -0.2) is 9.59 Å². The van der Waals surface area contributed by atoms with Gasteiger partial charge in [-0.3, -0.25) is 4.79 Å². The number of thiophene rings is 1. The molecule has 0 aliphatic heterocycles. The second-order valence-electron chi connectivity index (χ2n) is 7.09. The van der Waals surface area contributed by atoms with Crippen molar-refractivity contribution in [2.75, 3.05) is 18.5 Å². The first kappa shape index (κ1) is 25.0. The Morgan fingerprint density at radius 1 is 1.25 bits per heavy atom. The van der Waals surface area contributed by atoms with Gasteiger partial charge >= 0.3 is 17.8 Å². The first-order chi connectivity index (χ1) is 15.1. The van der Waals surface area contributed by atoms with Crippen LogP contribution in [-0.4, -0.2) is 45.8 Å². The van der Waals surface area contributed by atoms with E-state index in [4.69, 9.17) is 9.47 Å². The van der Waals surface area contributed by atoms with Crippen molar-refractivity contribution in [1.82, 2.24) is 9.78 Å². The number of nitrogens with one attached hydrogen (secondary N) is 1. The number of anilines is 1. The third-order valence-electron chi connectivity index (χ3n) is 4.54. The van der Waals surface area contributed by atoms with Gasteiger partial charge < -0.3 is 24.9 Å².